The van der Waals surface area contributed by atoms with E-state index in [1.54, 1.807) is 12.2 Å². The van der Waals surface area contributed by atoms with Crippen LogP contribution in [0.15, 0.2) is 10.5 Å². The molecule has 106 valence electrons. The maximum atomic E-state index is 12.4. The second-order valence-electron chi connectivity index (χ2n) is 5.31. The summed E-state index contributed by atoms with van der Waals surface area (Å²) in [4.78, 5) is 17.7. The van der Waals surface area contributed by atoms with Crippen molar-refractivity contribution in [2.75, 3.05) is 7.11 Å². The number of furan rings is 1. The molecule has 1 amide bonds. The van der Waals surface area contributed by atoms with E-state index < -0.39 is 0 Å². The van der Waals surface area contributed by atoms with Gasteiger partial charge in [0.2, 0.25) is 0 Å². The number of carbonyl (C=O) groups is 1. The summed E-state index contributed by atoms with van der Waals surface area (Å²) in [5.74, 6) is 1.70. The highest BCUT2D eigenvalue weighted by molar-refractivity contribution is 5.78. The van der Waals surface area contributed by atoms with E-state index >= 15 is 0 Å². The molecule has 0 saturated heterocycles. The first-order valence-corrected chi connectivity index (χ1v) is 7.04. The van der Waals surface area contributed by atoms with Crippen molar-refractivity contribution < 1.29 is 14.0 Å². The number of hydrogen-bond donors (Lipinski definition) is 0. The Bertz CT molecular complexity index is 433. The fraction of sp³-hybridized carbons (Fsp3) is 0.667. The molecule has 0 unspecified atom stereocenters. The standard InChI is InChI=1S/C15H23NO3/c1-11-9-13(12(2)19-11)10-15(17)16(18-3)14-7-5-4-6-8-14/h9,14H,4-8,10H2,1-3H3. The zero-order valence-corrected chi connectivity index (χ0v) is 12.1. The van der Waals surface area contributed by atoms with Gasteiger partial charge in [-0.15, -0.1) is 0 Å². The van der Waals surface area contributed by atoms with Crippen LogP contribution >= 0.6 is 0 Å². The monoisotopic (exact) mass is 265 g/mol. The van der Waals surface area contributed by atoms with Gasteiger partial charge in [0, 0.05) is 5.56 Å². The van der Waals surface area contributed by atoms with Gasteiger partial charge in [0.15, 0.2) is 0 Å². The Morgan fingerprint density at radius 1 is 1.37 bits per heavy atom. The lowest BCUT2D eigenvalue weighted by Crippen LogP contribution is -2.41. The molecule has 0 aromatic carbocycles. The minimum Gasteiger partial charge on any atom is -0.466 e. The molecule has 1 aliphatic carbocycles. The van der Waals surface area contributed by atoms with Gasteiger partial charge in [-0.1, -0.05) is 19.3 Å². The highest BCUT2D eigenvalue weighted by Crippen LogP contribution is 2.24. The molecule has 0 radical (unpaired) electrons. The fourth-order valence-electron chi connectivity index (χ4n) is 2.87. The van der Waals surface area contributed by atoms with Gasteiger partial charge in [-0.3, -0.25) is 9.63 Å². The number of carbonyl (C=O) groups excluding carboxylic acids is 1. The second kappa shape index (κ2) is 6.24. The predicted octanol–water partition coefficient (Wildman–Crippen LogP) is 3.16. The molecule has 1 saturated carbocycles. The van der Waals surface area contributed by atoms with E-state index in [1.807, 2.05) is 19.9 Å². The first-order chi connectivity index (χ1) is 9.11. The van der Waals surface area contributed by atoms with E-state index in [4.69, 9.17) is 9.25 Å². The van der Waals surface area contributed by atoms with E-state index in [9.17, 15) is 4.79 Å². The molecule has 19 heavy (non-hydrogen) atoms. The Morgan fingerprint density at radius 3 is 2.58 bits per heavy atom. The highest BCUT2D eigenvalue weighted by Gasteiger charge is 2.26. The average molecular weight is 265 g/mol. The largest absolute Gasteiger partial charge is 0.466 e. The molecule has 1 aliphatic rings. The van der Waals surface area contributed by atoms with Crippen molar-refractivity contribution >= 4 is 5.91 Å². The fourth-order valence-corrected chi connectivity index (χ4v) is 2.87. The number of rotatable bonds is 4. The lowest BCUT2D eigenvalue weighted by molar-refractivity contribution is -0.190. The zero-order valence-electron chi connectivity index (χ0n) is 12.1. The lowest BCUT2D eigenvalue weighted by atomic mass is 9.95. The minimum absolute atomic E-state index is 0.0262. The highest BCUT2D eigenvalue weighted by atomic mass is 16.7. The molecule has 4 heteroatoms. The summed E-state index contributed by atoms with van der Waals surface area (Å²) >= 11 is 0. The number of hydroxylamine groups is 2. The van der Waals surface area contributed by atoms with Crippen LogP contribution in [-0.4, -0.2) is 24.1 Å². The van der Waals surface area contributed by atoms with Crippen LogP contribution in [-0.2, 0) is 16.1 Å². The van der Waals surface area contributed by atoms with Gasteiger partial charge in [-0.05, 0) is 32.8 Å². The molecule has 2 rings (SSSR count). The van der Waals surface area contributed by atoms with Crippen molar-refractivity contribution in [1.29, 1.82) is 0 Å². The maximum Gasteiger partial charge on any atom is 0.250 e. The van der Waals surface area contributed by atoms with Crippen molar-refractivity contribution in [3.63, 3.8) is 0 Å². The van der Waals surface area contributed by atoms with Crippen LogP contribution in [0.2, 0.25) is 0 Å². The van der Waals surface area contributed by atoms with Gasteiger partial charge in [-0.2, -0.15) is 0 Å². The summed E-state index contributed by atoms with van der Waals surface area (Å²) in [6.45, 7) is 3.80. The van der Waals surface area contributed by atoms with Crippen LogP contribution in [0.1, 0.15) is 49.2 Å². The summed E-state index contributed by atoms with van der Waals surface area (Å²) in [5.41, 5.74) is 0.959. The molecule has 4 nitrogen and oxygen atoms in total. The molecule has 1 aromatic heterocycles. The first-order valence-electron chi connectivity index (χ1n) is 7.04. The Balaban J connectivity index is 2.02. The normalized spacial score (nSPS) is 16.6. The van der Waals surface area contributed by atoms with E-state index in [1.165, 1.54) is 19.3 Å². The molecule has 1 fully saturated rings. The summed E-state index contributed by atoms with van der Waals surface area (Å²) in [6.07, 6.45) is 6.07. The average Bonchev–Trinajstić information content (AvgIpc) is 2.70. The molecule has 0 atom stereocenters. The number of aryl methyl sites for hydroxylation is 2. The summed E-state index contributed by atoms with van der Waals surface area (Å²) < 4.78 is 5.46. The van der Waals surface area contributed by atoms with Crippen molar-refractivity contribution in [3.8, 4) is 0 Å². The third-order valence-corrected chi connectivity index (χ3v) is 3.83. The number of nitrogens with zero attached hydrogens (tertiary/aromatic N) is 1. The molecule has 1 heterocycles. The SMILES string of the molecule is CON(C(=O)Cc1cc(C)oc1C)C1CCCCC1. The van der Waals surface area contributed by atoms with E-state index in [0.717, 1.165) is 29.9 Å². The smallest absolute Gasteiger partial charge is 0.250 e. The van der Waals surface area contributed by atoms with Gasteiger partial charge in [0.25, 0.3) is 5.91 Å². The van der Waals surface area contributed by atoms with Gasteiger partial charge in [0.1, 0.15) is 11.5 Å². The predicted molar refractivity (Wildman–Crippen MR) is 72.6 cm³/mol. The minimum atomic E-state index is 0.0262. The van der Waals surface area contributed by atoms with Crippen LogP contribution in [0.5, 0.6) is 0 Å². The van der Waals surface area contributed by atoms with Gasteiger partial charge in [-0.25, -0.2) is 5.06 Å². The Morgan fingerprint density at radius 2 is 2.05 bits per heavy atom. The Kier molecular flexibility index (Phi) is 4.64. The number of amides is 1. The first kappa shape index (κ1) is 14.1. The zero-order chi connectivity index (χ0) is 13.8. The van der Waals surface area contributed by atoms with Crippen LogP contribution in [0.3, 0.4) is 0 Å². The van der Waals surface area contributed by atoms with Crippen LogP contribution in [0.4, 0.5) is 0 Å². The maximum absolute atomic E-state index is 12.4. The Labute approximate surface area is 114 Å². The second-order valence-corrected chi connectivity index (χ2v) is 5.31. The van der Waals surface area contributed by atoms with Gasteiger partial charge >= 0.3 is 0 Å². The Hall–Kier alpha value is -1.29. The van der Waals surface area contributed by atoms with Gasteiger partial charge < -0.3 is 4.42 Å². The number of hydrogen-bond acceptors (Lipinski definition) is 3. The van der Waals surface area contributed by atoms with Crippen molar-refractivity contribution in [2.45, 2.75) is 58.4 Å². The molecule has 1 aromatic rings. The quantitative estimate of drug-likeness (QED) is 0.785. The third-order valence-electron chi connectivity index (χ3n) is 3.83. The van der Waals surface area contributed by atoms with Crippen LogP contribution < -0.4 is 0 Å². The topological polar surface area (TPSA) is 42.7 Å². The molecular formula is C15H23NO3. The van der Waals surface area contributed by atoms with E-state index in [2.05, 4.69) is 0 Å². The van der Waals surface area contributed by atoms with E-state index in [-0.39, 0.29) is 11.9 Å². The molecule has 0 bridgehead atoms. The summed E-state index contributed by atoms with van der Waals surface area (Å²) in [5, 5.41) is 1.57. The molecule has 0 spiro atoms. The van der Waals surface area contributed by atoms with Crippen molar-refractivity contribution in [1.82, 2.24) is 5.06 Å². The van der Waals surface area contributed by atoms with Gasteiger partial charge in [0.05, 0.1) is 19.6 Å². The molecule has 0 N–H and O–H groups in total. The summed E-state index contributed by atoms with van der Waals surface area (Å²) in [7, 11) is 1.58. The molecule has 0 aliphatic heterocycles. The summed E-state index contributed by atoms with van der Waals surface area (Å²) in [6, 6.07) is 2.17. The van der Waals surface area contributed by atoms with Crippen LogP contribution in [0.25, 0.3) is 0 Å². The lowest BCUT2D eigenvalue weighted by Gasteiger charge is -2.32. The van der Waals surface area contributed by atoms with Crippen molar-refractivity contribution in [2.24, 2.45) is 0 Å². The van der Waals surface area contributed by atoms with E-state index in [0.29, 0.717) is 6.42 Å². The third kappa shape index (κ3) is 3.38. The molecular weight excluding hydrogens is 242 g/mol. The van der Waals surface area contributed by atoms with Crippen LogP contribution in [0, 0.1) is 13.8 Å². The van der Waals surface area contributed by atoms with Crippen molar-refractivity contribution in [3.05, 3.63) is 23.2 Å².